The van der Waals surface area contributed by atoms with Crippen LogP contribution in [0.25, 0.3) is 22.6 Å². The first-order valence-electron chi connectivity index (χ1n) is 6.03. The molecule has 0 fully saturated rings. The molecule has 96 valence electrons. The summed E-state index contributed by atoms with van der Waals surface area (Å²) in [6, 6.07) is 8.08. The average molecular weight is 254 g/mol. The standard InChI is InChI=1S/C15H14N2O2/c1-17-13-6-4-3-5-10(13)11-7-8-16-9-12(14(11)17)15(18)19-2/h3-9,16H,1-2H3. The lowest BCUT2D eigenvalue weighted by molar-refractivity contribution is -0.133. The van der Waals surface area contributed by atoms with Crippen LogP contribution in [0.15, 0.2) is 36.7 Å². The van der Waals surface area contributed by atoms with Gasteiger partial charge >= 0.3 is 5.97 Å². The third-order valence-electron chi connectivity index (χ3n) is 3.38. The third-order valence-corrected chi connectivity index (χ3v) is 3.38. The summed E-state index contributed by atoms with van der Waals surface area (Å²) in [5.74, 6) is -0.344. The maximum absolute atomic E-state index is 11.9. The fraction of sp³-hybridized carbons (Fsp3) is 0.133. The zero-order valence-corrected chi connectivity index (χ0v) is 10.8. The molecule has 4 heteroatoms. The fourth-order valence-electron chi connectivity index (χ4n) is 2.51. The number of nitrogens with one attached hydrogen (secondary N) is 1. The van der Waals surface area contributed by atoms with Crippen LogP contribution in [-0.2, 0) is 16.6 Å². The van der Waals surface area contributed by atoms with E-state index in [0.717, 1.165) is 22.2 Å². The highest BCUT2D eigenvalue weighted by Gasteiger charge is 2.23. The quantitative estimate of drug-likeness (QED) is 0.794. The Hall–Kier alpha value is -2.49. The van der Waals surface area contributed by atoms with Gasteiger partial charge < -0.3 is 14.6 Å². The van der Waals surface area contributed by atoms with Gasteiger partial charge in [-0.1, -0.05) is 18.2 Å². The van der Waals surface area contributed by atoms with Gasteiger partial charge in [-0.25, -0.2) is 4.79 Å². The number of aryl methyl sites for hydroxylation is 1. The molecule has 1 N–H and O–H groups in total. The molecule has 1 aliphatic heterocycles. The van der Waals surface area contributed by atoms with Crippen molar-refractivity contribution in [3.63, 3.8) is 0 Å². The Morgan fingerprint density at radius 3 is 2.89 bits per heavy atom. The first kappa shape index (κ1) is 11.6. The Morgan fingerprint density at radius 1 is 1.32 bits per heavy atom. The molecule has 0 bridgehead atoms. The highest BCUT2D eigenvalue weighted by atomic mass is 16.5. The van der Waals surface area contributed by atoms with Crippen molar-refractivity contribution in [2.75, 3.05) is 7.11 Å². The summed E-state index contributed by atoms with van der Waals surface area (Å²) in [6.07, 6.45) is 5.47. The predicted octanol–water partition coefficient (Wildman–Crippen LogP) is 2.27. The second kappa shape index (κ2) is 4.31. The molecule has 19 heavy (non-hydrogen) atoms. The van der Waals surface area contributed by atoms with E-state index in [0.29, 0.717) is 5.57 Å². The maximum Gasteiger partial charge on any atom is 0.341 e. The number of nitrogens with zero attached hydrogens (tertiary/aromatic N) is 1. The molecule has 2 aromatic rings. The van der Waals surface area contributed by atoms with Gasteiger partial charge in [-0.3, -0.25) is 0 Å². The van der Waals surface area contributed by atoms with E-state index in [-0.39, 0.29) is 5.97 Å². The second-order valence-electron chi connectivity index (χ2n) is 4.39. The molecule has 0 radical (unpaired) electrons. The lowest BCUT2D eigenvalue weighted by Crippen LogP contribution is -2.10. The van der Waals surface area contributed by atoms with E-state index in [4.69, 9.17) is 4.74 Å². The molecule has 0 atom stereocenters. The molecule has 1 aromatic carbocycles. The number of methoxy groups -OCH3 is 1. The maximum atomic E-state index is 11.9. The smallest absolute Gasteiger partial charge is 0.341 e. The molecule has 1 aliphatic rings. The van der Waals surface area contributed by atoms with Crippen LogP contribution in [0.2, 0.25) is 0 Å². The number of benzene rings is 1. The summed E-state index contributed by atoms with van der Waals surface area (Å²) in [6.45, 7) is 0. The number of hydrogen-bond acceptors (Lipinski definition) is 3. The van der Waals surface area contributed by atoms with E-state index >= 15 is 0 Å². The highest BCUT2D eigenvalue weighted by molar-refractivity contribution is 6.19. The summed E-state index contributed by atoms with van der Waals surface area (Å²) < 4.78 is 6.88. The number of rotatable bonds is 1. The normalized spacial score (nSPS) is 13.5. The number of fused-ring (bicyclic) bond motifs is 3. The van der Waals surface area contributed by atoms with Crippen molar-refractivity contribution in [2.24, 2.45) is 7.05 Å². The van der Waals surface area contributed by atoms with E-state index in [1.54, 1.807) is 6.20 Å². The highest BCUT2D eigenvalue weighted by Crippen LogP contribution is 2.32. The van der Waals surface area contributed by atoms with Crippen LogP contribution >= 0.6 is 0 Å². The molecule has 2 heterocycles. The number of ether oxygens (including phenoxy) is 1. The average Bonchev–Trinajstić information content (AvgIpc) is 2.62. The minimum Gasteiger partial charge on any atom is -0.465 e. The van der Waals surface area contributed by atoms with Crippen molar-refractivity contribution in [2.45, 2.75) is 0 Å². The van der Waals surface area contributed by atoms with Gasteiger partial charge in [0.25, 0.3) is 0 Å². The Labute approximate surface area is 111 Å². The number of para-hydroxylation sites is 1. The van der Waals surface area contributed by atoms with Crippen LogP contribution in [0.5, 0.6) is 0 Å². The molecule has 1 aromatic heterocycles. The minimum atomic E-state index is -0.344. The summed E-state index contributed by atoms with van der Waals surface area (Å²) >= 11 is 0. The Kier molecular flexibility index (Phi) is 2.63. The van der Waals surface area contributed by atoms with Crippen LogP contribution in [0.1, 0.15) is 11.3 Å². The largest absolute Gasteiger partial charge is 0.465 e. The molecule has 0 spiro atoms. The summed E-state index contributed by atoms with van der Waals surface area (Å²) in [4.78, 5) is 11.9. The van der Waals surface area contributed by atoms with E-state index in [1.165, 1.54) is 7.11 Å². The van der Waals surface area contributed by atoms with Crippen molar-refractivity contribution < 1.29 is 9.53 Å². The van der Waals surface area contributed by atoms with Crippen molar-refractivity contribution in [1.82, 2.24) is 9.88 Å². The lowest BCUT2D eigenvalue weighted by atomic mass is 10.1. The SMILES string of the molecule is COC(=O)C1=CNC=Cc2c1n(C)c1ccccc21. The Morgan fingerprint density at radius 2 is 2.11 bits per heavy atom. The van der Waals surface area contributed by atoms with E-state index in [1.807, 2.05) is 42.1 Å². The number of carbonyl (C=O) groups is 1. The Bertz CT molecular complexity index is 723. The van der Waals surface area contributed by atoms with Gasteiger partial charge in [-0.15, -0.1) is 0 Å². The molecule has 0 unspecified atom stereocenters. The Balaban J connectivity index is 2.37. The molecule has 4 nitrogen and oxygen atoms in total. The van der Waals surface area contributed by atoms with Gasteiger partial charge in [0.05, 0.1) is 18.4 Å². The van der Waals surface area contributed by atoms with E-state index in [9.17, 15) is 4.79 Å². The zero-order chi connectivity index (χ0) is 13.4. The first-order chi connectivity index (χ1) is 9.24. The van der Waals surface area contributed by atoms with Crippen LogP contribution < -0.4 is 5.32 Å². The van der Waals surface area contributed by atoms with Crippen molar-refractivity contribution in [3.8, 4) is 0 Å². The van der Waals surface area contributed by atoms with Crippen LogP contribution in [0.3, 0.4) is 0 Å². The van der Waals surface area contributed by atoms with Gasteiger partial charge in [-0.05, 0) is 12.1 Å². The summed E-state index contributed by atoms with van der Waals surface area (Å²) in [5, 5.41) is 4.10. The minimum absolute atomic E-state index is 0.344. The van der Waals surface area contributed by atoms with Crippen LogP contribution in [-0.4, -0.2) is 17.6 Å². The second-order valence-corrected chi connectivity index (χ2v) is 4.39. The lowest BCUT2D eigenvalue weighted by Gasteiger charge is -2.07. The fourth-order valence-corrected chi connectivity index (χ4v) is 2.51. The van der Waals surface area contributed by atoms with Gasteiger partial charge in [-0.2, -0.15) is 0 Å². The number of aromatic nitrogens is 1. The molecule has 0 aliphatic carbocycles. The van der Waals surface area contributed by atoms with Gasteiger partial charge in [0.15, 0.2) is 0 Å². The van der Waals surface area contributed by atoms with E-state index < -0.39 is 0 Å². The topological polar surface area (TPSA) is 43.3 Å². The van der Waals surface area contributed by atoms with Crippen molar-refractivity contribution >= 4 is 28.5 Å². The molecule has 0 amide bonds. The zero-order valence-electron chi connectivity index (χ0n) is 10.8. The summed E-state index contributed by atoms with van der Waals surface area (Å²) in [5.41, 5.74) is 3.52. The first-order valence-corrected chi connectivity index (χ1v) is 6.03. The predicted molar refractivity (Wildman–Crippen MR) is 75.1 cm³/mol. The molecule has 0 saturated heterocycles. The monoisotopic (exact) mass is 254 g/mol. The molecular weight excluding hydrogens is 240 g/mol. The number of esters is 1. The molecular formula is C15H14N2O2. The van der Waals surface area contributed by atoms with Gasteiger partial charge in [0.1, 0.15) is 0 Å². The van der Waals surface area contributed by atoms with Crippen LogP contribution in [0.4, 0.5) is 0 Å². The van der Waals surface area contributed by atoms with Crippen molar-refractivity contribution in [3.05, 3.63) is 47.9 Å². The van der Waals surface area contributed by atoms with Crippen molar-refractivity contribution in [1.29, 1.82) is 0 Å². The molecule has 3 rings (SSSR count). The summed E-state index contributed by atoms with van der Waals surface area (Å²) in [7, 11) is 3.35. The van der Waals surface area contributed by atoms with E-state index in [2.05, 4.69) is 11.4 Å². The molecule has 0 saturated carbocycles. The third kappa shape index (κ3) is 1.64. The number of hydrogen-bond donors (Lipinski definition) is 1. The number of carbonyl (C=O) groups excluding carboxylic acids is 1. The van der Waals surface area contributed by atoms with Gasteiger partial charge in [0.2, 0.25) is 0 Å². The van der Waals surface area contributed by atoms with Crippen LogP contribution in [0, 0.1) is 0 Å². The van der Waals surface area contributed by atoms with Gasteiger partial charge in [0, 0.05) is 35.9 Å².